The summed E-state index contributed by atoms with van der Waals surface area (Å²) >= 11 is 1.66. The van der Waals surface area contributed by atoms with Crippen LogP contribution in [-0.4, -0.2) is 32.9 Å². The predicted octanol–water partition coefficient (Wildman–Crippen LogP) is 6.69. The first-order valence-electron chi connectivity index (χ1n) is 11.3. The van der Waals surface area contributed by atoms with E-state index in [9.17, 15) is 18.0 Å². The highest BCUT2D eigenvalue weighted by Crippen LogP contribution is 2.36. The molecule has 0 aliphatic carbocycles. The van der Waals surface area contributed by atoms with Crippen LogP contribution in [0.5, 0.6) is 5.75 Å². The van der Waals surface area contributed by atoms with Crippen molar-refractivity contribution in [1.29, 1.82) is 0 Å². The molecule has 1 unspecified atom stereocenters. The fourth-order valence-corrected chi connectivity index (χ4v) is 4.62. The van der Waals surface area contributed by atoms with E-state index in [1.54, 1.807) is 17.8 Å². The van der Waals surface area contributed by atoms with Gasteiger partial charge in [0.15, 0.2) is 5.82 Å². The van der Waals surface area contributed by atoms with Crippen LogP contribution < -0.4 is 4.74 Å². The highest BCUT2D eigenvalue weighted by Gasteiger charge is 2.31. The van der Waals surface area contributed by atoms with Crippen LogP contribution >= 0.6 is 11.8 Å². The number of ether oxygens (including phenoxy) is 1. The molecule has 0 aliphatic rings. The minimum absolute atomic E-state index is 0.105. The van der Waals surface area contributed by atoms with Gasteiger partial charge in [0.05, 0.1) is 17.2 Å². The SMILES string of the molecule is CCc1cc(SCCC(C)Oc2ccc(C(F)(F)F)cc2-c2ncccn2)ccc1CCC(=O)O. The zero-order valence-electron chi connectivity index (χ0n) is 19.5. The van der Waals surface area contributed by atoms with Gasteiger partial charge in [0.2, 0.25) is 0 Å². The maximum atomic E-state index is 13.3. The number of alkyl halides is 3. The van der Waals surface area contributed by atoms with Crippen LogP contribution in [0.15, 0.2) is 59.8 Å². The summed E-state index contributed by atoms with van der Waals surface area (Å²) in [6.07, 6.45) is 0.327. The molecule has 0 aliphatic heterocycles. The maximum Gasteiger partial charge on any atom is 0.416 e. The zero-order valence-corrected chi connectivity index (χ0v) is 20.3. The first-order valence-corrected chi connectivity index (χ1v) is 12.3. The molecule has 9 heteroatoms. The Kier molecular flexibility index (Phi) is 9.14. The summed E-state index contributed by atoms with van der Waals surface area (Å²) in [6, 6.07) is 11.0. The van der Waals surface area contributed by atoms with Gasteiger partial charge in [-0.3, -0.25) is 4.79 Å². The molecule has 1 aromatic heterocycles. The number of thioether (sulfide) groups is 1. The Labute approximate surface area is 206 Å². The van der Waals surface area contributed by atoms with Gasteiger partial charge in [-0.05, 0) is 73.7 Å². The van der Waals surface area contributed by atoms with Crippen molar-refractivity contribution in [3.63, 3.8) is 0 Å². The van der Waals surface area contributed by atoms with Gasteiger partial charge in [-0.15, -0.1) is 11.8 Å². The normalized spacial score (nSPS) is 12.4. The Bertz CT molecular complexity index is 1140. The molecule has 0 bridgehead atoms. The second kappa shape index (κ2) is 12.1. The Morgan fingerprint density at radius 1 is 1.11 bits per heavy atom. The molecule has 0 saturated carbocycles. The number of nitrogens with zero attached hydrogens (tertiary/aromatic N) is 2. The molecule has 3 aromatic rings. The molecule has 0 saturated heterocycles. The van der Waals surface area contributed by atoms with Crippen molar-refractivity contribution in [2.24, 2.45) is 0 Å². The monoisotopic (exact) mass is 504 g/mol. The zero-order chi connectivity index (χ0) is 25.4. The largest absolute Gasteiger partial charge is 0.490 e. The van der Waals surface area contributed by atoms with Crippen LogP contribution in [0.2, 0.25) is 0 Å². The van der Waals surface area contributed by atoms with Crippen LogP contribution in [-0.2, 0) is 23.8 Å². The van der Waals surface area contributed by atoms with Crippen molar-refractivity contribution in [2.75, 3.05) is 5.75 Å². The molecular weight excluding hydrogens is 477 g/mol. The van der Waals surface area contributed by atoms with Crippen molar-refractivity contribution < 1.29 is 27.8 Å². The molecule has 1 heterocycles. The number of carboxylic acids is 1. The molecule has 1 atom stereocenters. The van der Waals surface area contributed by atoms with E-state index in [-0.39, 0.29) is 23.9 Å². The molecule has 1 N–H and O–H groups in total. The average Bonchev–Trinajstić information content (AvgIpc) is 2.83. The Balaban J connectivity index is 1.65. The number of benzene rings is 2. The van der Waals surface area contributed by atoms with E-state index >= 15 is 0 Å². The minimum atomic E-state index is -4.48. The number of carboxylic acid groups (broad SMARTS) is 1. The molecule has 0 amide bonds. The molecule has 0 spiro atoms. The number of hydrogen-bond acceptors (Lipinski definition) is 5. The van der Waals surface area contributed by atoms with E-state index in [1.807, 2.05) is 26.0 Å². The molecular formula is C26H27F3N2O3S. The van der Waals surface area contributed by atoms with Gasteiger partial charge in [0, 0.05) is 29.5 Å². The van der Waals surface area contributed by atoms with Gasteiger partial charge < -0.3 is 9.84 Å². The number of halogens is 3. The lowest BCUT2D eigenvalue weighted by molar-refractivity contribution is -0.138. The summed E-state index contributed by atoms with van der Waals surface area (Å²) in [4.78, 5) is 20.1. The fourth-order valence-electron chi connectivity index (χ4n) is 3.55. The second-order valence-electron chi connectivity index (χ2n) is 8.02. The lowest BCUT2D eigenvalue weighted by Crippen LogP contribution is -2.14. The van der Waals surface area contributed by atoms with E-state index in [0.29, 0.717) is 18.6 Å². The molecule has 35 heavy (non-hydrogen) atoms. The molecule has 0 fully saturated rings. The quantitative estimate of drug-likeness (QED) is 0.293. The molecule has 186 valence electrons. The molecule has 5 nitrogen and oxygen atoms in total. The van der Waals surface area contributed by atoms with Crippen molar-refractivity contribution in [3.8, 4) is 17.1 Å². The van der Waals surface area contributed by atoms with Crippen molar-refractivity contribution in [3.05, 3.63) is 71.5 Å². The van der Waals surface area contributed by atoms with Gasteiger partial charge in [-0.25, -0.2) is 9.97 Å². The van der Waals surface area contributed by atoms with Gasteiger partial charge in [-0.2, -0.15) is 13.2 Å². The third-order valence-electron chi connectivity index (χ3n) is 5.40. The van der Waals surface area contributed by atoms with Crippen molar-refractivity contribution in [2.45, 2.75) is 56.7 Å². The van der Waals surface area contributed by atoms with Crippen LogP contribution in [0.25, 0.3) is 11.4 Å². The van der Waals surface area contributed by atoms with E-state index in [1.165, 1.54) is 18.5 Å². The number of rotatable bonds is 11. The minimum Gasteiger partial charge on any atom is -0.490 e. The van der Waals surface area contributed by atoms with Crippen LogP contribution in [0, 0.1) is 0 Å². The van der Waals surface area contributed by atoms with E-state index in [2.05, 4.69) is 16.0 Å². The van der Waals surface area contributed by atoms with Crippen molar-refractivity contribution >= 4 is 17.7 Å². The fraction of sp³-hybridized carbons (Fsp3) is 0.346. The number of aryl methyl sites for hydroxylation is 2. The van der Waals surface area contributed by atoms with E-state index in [4.69, 9.17) is 9.84 Å². The topological polar surface area (TPSA) is 72.3 Å². The third-order valence-corrected chi connectivity index (χ3v) is 6.43. The lowest BCUT2D eigenvalue weighted by atomic mass is 10.0. The van der Waals surface area contributed by atoms with Gasteiger partial charge >= 0.3 is 12.1 Å². The first-order chi connectivity index (χ1) is 16.7. The summed E-state index contributed by atoms with van der Waals surface area (Å²) < 4.78 is 45.8. The Hall–Kier alpha value is -3.07. The first kappa shape index (κ1) is 26.5. The molecule has 2 aromatic carbocycles. The lowest BCUT2D eigenvalue weighted by Gasteiger charge is -2.18. The number of hydrogen-bond donors (Lipinski definition) is 1. The number of aromatic nitrogens is 2. The van der Waals surface area contributed by atoms with E-state index in [0.717, 1.165) is 40.3 Å². The predicted molar refractivity (Wildman–Crippen MR) is 130 cm³/mol. The smallest absolute Gasteiger partial charge is 0.416 e. The average molecular weight is 505 g/mol. The molecule has 3 rings (SSSR count). The molecule has 0 radical (unpaired) electrons. The van der Waals surface area contributed by atoms with Gasteiger partial charge in [0.25, 0.3) is 0 Å². The van der Waals surface area contributed by atoms with Crippen LogP contribution in [0.3, 0.4) is 0 Å². The van der Waals surface area contributed by atoms with Crippen LogP contribution in [0.1, 0.15) is 43.4 Å². The third kappa shape index (κ3) is 7.71. The van der Waals surface area contributed by atoms with Gasteiger partial charge in [-0.1, -0.05) is 13.0 Å². The summed E-state index contributed by atoms with van der Waals surface area (Å²) in [5.41, 5.74) is 1.60. The van der Waals surface area contributed by atoms with Crippen molar-refractivity contribution in [1.82, 2.24) is 9.97 Å². The number of carbonyl (C=O) groups is 1. The highest BCUT2D eigenvalue weighted by atomic mass is 32.2. The standard InChI is InChI=1S/C26H27F3N2O3S/c1-3-18-15-21(8-5-19(18)6-10-24(32)33)35-14-11-17(2)34-23-9-7-20(26(27,28)29)16-22(23)25-30-12-4-13-31-25/h4-5,7-9,12-13,15-17H,3,6,10-11,14H2,1-2H3,(H,32,33). The summed E-state index contributed by atoms with van der Waals surface area (Å²) in [7, 11) is 0. The summed E-state index contributed by atoms with van der Waals surface area (Å²) in [6.45, 7) is 3.92. The van der Waals surface area contributed by atoms with Crippen LogP contribution in [0.4, 0.5) is 13.2 Å². The summed E-state index contributed by atoms with van der Waals surface area (Å²) in [5.74, 6) is 0.411. The Morgan fingerprint density at radius 2 is 1.86 bits per heavy atom. The summed E-state index contributed by atoms with van der Waals surface area (Å²) in [5, 5.41) is 8.92. The second-order valence-corrected chi connectivity index (χ2v) is 9.19. The highest BCUT2D eigenvalue weighted by molar-refractivity contribution is 7.99. The number of aliphatic carboxylic acids is 1. The Morgan fingerprint density at radius 3 is 2.51 bits per heavy atom. The van der Waals surface area contributed by atoms with E-state index < -0.39 is 17.7 Å². The van der Waals surface area contributed by atoms with Gasteiger partial charge in [0.1, 0.15) is 5.75 Å². The maximum absolute atomic E-state index is 13.3.